The molecule has 88 valence electrons. The van der Waals surface area contributed by atoms with E-state index < -0.39 is 0 Å². The van der Waals surface area contributed by atoms with Crippen molar-refractivity contribution in [3.05, 3.63) is 30.1 Å². The summed E-state index contributed by atoms with van der Waals surface area (Å²) in [5, 5.41) is 0. The molecule has 1 fully saturated rings. The Balaban J connectivity index is 2.09. The number of pyridine rings is 1. The second-order valence-corrected chi connectivity index (χ2v) is 4.85. The van der Waals surface area contributed by atoms with Crippen molar-refractivity contribution in [3.63, 3.8) is 0 Å². The summed E-state index contributed by atoms with van der Waals surface area (Å²) >= 11 is 0. The van der Waals surface area contributed by atoms with Crippen LogP contribution in [-0.2, 0) is 0 Å². The second kappa shape index (κ2) is 6.00. The lowest BCUT2D eigenvalue weighted by Crippen LogP contribution is -2.22. The van der Waals surface area contributed by atoms with Gasteiger partial charge in [0.25, 0.3) is 0 Å². The molecule has 0 spiro atoms. The first-order valence-corrected chi connectivity index (χ1v) is 6.53. The molecule has 1 atom stereocenters. The lowest BCUT2D eigenvalue weighted by Gasteiger charge is -2.24. The summed E-state index contributed by atoms with van der Waals surface area (Å²) in [6.45, 7) is 0.738. The summed E-state index contributed by atoms with van der Waals surface area (Å²) in [5.41, 5.74) is 7.14. The largest absolute Gasteiger partial charge is 0.330 e. The van der Waals surface area contributed by atoms with Crippen molar-refractivity contribution in [2.75, 3.05) is 6.54 Å². The summed E-state index contributed by atoms with van der Waals surface area (Å²) in [7, 11) is 0. The molecule has 1 heterocycles. The summed E-state index contributed by atoms with van der Waals surface area (Å²) in [6.07, 6.45) is 10.1. The van der Waals surface area contributed by atoms with Gasteiger partial charge in [-0.2, -0.15) is 0 Å². The SMILES string of the molecule is NCC(c1ccccn1)C1CCCCCC1. The van der Waals surface area contributed by atoms with Crippen LogP contribution in [0.4, 0.5) is 0 Å². The van der Waals surface area contributed by atoms with Crippen LogP contribution in [0.1, 0.15) is 50.1 Å². The number of hydrogen-bond donors (Lipinski definition) is 1. The molecule has 1 saturated carbocycles. The van der Waals surface area contributed by atoms with Gasteiger partial charge in [-0.3, -0.25) is 4.98 Å². The maximum absolute atomic E-state index is 5.95. The molecular weight excluding hydrogens is 196 g/mol. The van der Waals surface area contributed by atoms with Crippen molar-refractivity contribution >= 4 is 0 Å². The highest BCUT2D eigenvalue weighted by molar-refractivity contribution is 5.11. The molecule has 0 aromatic carbocycles. The van der Waals surface area contributed by atoms with E-state index in [1.165, 1.54) is 44.2 Å². The predicted octanol–water partition coefficient (Wildman–Crippen LogP) is 3.09. The van der Waals surface area contributed by atoms with Gasteiger partial charge in [-0.25, -0.2) is 0 Å². The van der Waals surface area contributed by atoms with Gasteiger partial charge in [-0.15, -0.1) is 0 Å². The van der Waals surface area contributed by atoms with E-state index in [0.717, 1.165) is 12.5 Å². The average molecular weight is 218 g/mol. The Hall–Kier alpha value is -0.890. The zero-order chi connectivity index (χ0) is 11.2. The van der Waals surface area contributed by atoms with Crippen LogP contribution in [0.25, 0.3) is 0 Å². The minimum Gasteiger partial charge on any atom is -0.330 e. The van der Waals surface area contributed by atoms with Gasteiger partial charge in [0.15, 0.2) is 0 Å². The Kier molecular flexibility index (Phi) is 4.34. The lowest BCUT2D eigenvalue weighted by atomic mass is 9.84. The van der Waals surface area contributed by atoms with Crippen LogP contribution >= 0.6 is 0 Å². The van der Waals surface area contributed by atoms with Crippen molar-refractivity contribution in [2.45, 2.75) is 44.4 Å². The van der Waals surface area contributed by atoms with E-state index in [9.17, 15) is 0 Å². The molecule has 2 rings (SSSR count). The van der Waals surface area contributed by atoms with Crippen LogP contribution in [0.2, 0.25) is 0 Å². The third-order valence-corrected chi connectivity index (χ3v) is 3.79. The Bertz CT molecular complexity index is 289. The highest BCUT2D eigenvalue weighted by Gasteiger charge is 2.23. The zero-order valence-electron chi connectivity index (χ0n) is 9.94. The van der Waals surface area contributed by atoms with Gasteiger partial charge in [-0.1, -0.05) is 31.7 Å². The maximum atomic E-state index is 5.95. The molecule has 0 bridgehead atoms. The number of nitrogens with zero attached hydrogens (tertiary/aromatic N) is 1. The van der Waals surface area contributed by atoms with Gasteiger partial charge in [0, 0.05) is 24.4 Å². The molecule has 2 N–H and O–H groups in total. The highest BCUT2D eigenvalue weighted by atomic mass is 14.7. The number of hydrogen-bond acceptors (Lipinski definition) is 2. The quantitative estimate of drug-likeness (QED) is 0.792. The highest BCUT2D eigenvalue weighted by Crippen LogP contribution is 2.33. The van der Waals surface area contributed by atoms with E-state index in [1.54, 1.807) is 0 Å². The molecule has 0 amide bonds. The molecule has 1 unspecified atom stereocenters. The third-order valence-electron chi connectivity index (χ3n) is 3.79. The fraction of sp³-hybridized carbons (Fsp3) is 0.643. The number of nitrogens with two attached hydrogens (primary N) is 1. The van der Waals surface area contributed by atoms with Crippen LogP contribution in [0.15, 0.2) is 24.4 Å². The van der Waals surface area contributed by atoms with Crippen LogP contribution < -0.4 is 5.73 Å². The third kappa shape index (κ3) is 2.82. The first-order chi connectivity index (χ1) is 7.92. The van der Waals surface area contributed by atoms with Gasteiger partial charge >= 0.3 is 0 Å². The van der Waals surface area contributed by atoms with Gasteiger partial charge in [0.2, 0.25) is 0 Å². The van der Waals surface area contributed by atoms with E-state index in [4.69, 9.17) is 5.73 Å². The first kappa shape index (κ1) is 11.6. The molecule has 1 aromatic rings. The van der Waals surface area contributed by atoms with E-state index in [1.807, 2.05) is 12.3 Å². The fourth-order valence-corrected chi connectivity index (χ4v) is 2.86. The molecule has 16 heavy (non-hydrogen) atoms. The van der Waals surface area contributed by atoms with Crippen molar-refractivity contribution in [1.29, 1.82) is 0 Å². The number of aromatic nitrogens is 1. The average Bonchev–Trinajstić information content (AvgIpc) is 2.61. The molecule has 1 aliphatic rings. The van der Waals surface area contributed by atoms with E-state index >= 15 is 0 Å². The summed E-state index contributed by atoms with van der Waals surface area (Å²) < 4.78 is 0. The summed E-state index contributed by atoms with van der Waals surface area (Å²) in [5.74, 6) is 1.22. The Morgan fingerprint density at radius 3 is 2.50 bits per heavy atom. The fourth-order valence-electron chi connectivity index (χ4n) is 2.86. The smallest absolute Gasteiger partial charge is 0.0449 e. The molecule has 2 heteroatoms. The van der Waals surface area contributed by atoms with Crippen LogP contribution in [-0.4, -0.2) is 11.5 Å². The van der Waals surface area contributed by atoms with Gasteiger partial charge in [-0.05, 0) is 30.9 Å². The van der Waals surface area contributed by atoms with Gasteiger partial charge < -0.3 is 5.73 Å². The van der Waals surface area contributed by atoms with E-state index in [-0.39, 0.29) is 0 Å². The molecule has 0 saturated heterocycles. The summed E-state index contributed by atoms with van der Waals surface area (Å²) in [4.78, 5) is 4.48. The van der Waals surface area contributed by atoms with Gasteiger partial charge in [0.05, 0.1) is 0 Å². The lowest BCUT2D eigenvalue weighted by molar-refractivity contribution is 0.374. The van der Waals surface area contributed by atoms with Gasteiger partial charge in [0.1, 0.15) is 0 Å². The maximum Gasteiger partial charge on any atom is 0.0449 e. The molecule has 1 aromatic heterocycles. The molecule has 0 radical (unpaired) electrons. The summed E-state index contributed by atoms with van der Waals surface area (Å²) in [6, 6.07) is 6.17. The minimum absolute atomic E-state index is 0.472. The molecule has 1 aliphatic carbocycles. The molecule has 0 aliphatic heterocycles. The van der Waals surface area contributed by atoms with Crippen molar-refractivity contribution in [2.24, 2.45) is 11.7 Å². The Morgan fingerprint density at radius 2 is 1.94 bits per heavy atom. The second-order valence-electron chi connectivity index (χ2n) is 4.85. The molecule has 2 nitrogen and oxygen atoms in total. The van der Waals surface area contributed by atoms with E-state index in [2.05, 4.69) is 17.1 Å². The normalized spacial score (nSPS) is 20.3. The Labute approximate surface area is 98.3 Å². The first-order valence-electron chi connectivity index (χ1n) is 6.53. The van der Waals surface area contributed by atoms with Crippen LogP contribution in [0.5, 0.6) is 0 Å². The predicted molar refractivity (Wildman–Crippen MR) is 67.2 cm³/mol. The van der Waals surface area contributed by atoms with Crippen molar-refractivity contribution in [1.82, 2.24) is 4.98 Å². The minimum atomic E-state index is 0.472. The topological polar surface area (TPSA) is 38.9 Å². The standard InChI is InChI=1S/C14H22N2/c15-11-13(14-9-5-6-10-16-14)12-7-3-1-2-4-8-12/h5-6,9-10,12-13H,1-4,7-8,11,15H2. The Morgan fingerprint density at radius 1 is 1.19 bits per heavy atom. The number of rotatable bonds is 3. The molecular formula is C14H22N2. The van der Waals surface area contributed by atoms with Crippen LogP contribution in [0.3, 0.4) is 0 Å². The van der Waals surface area contributed by atoms with Crippen molar-refractivity contribution in [3.8, 4) is 0 Å². The van der Waals surface area contributed by atoms with E-state index in [0.29, 0.717) is 5.92 Å². The van der Waals surface area contributed by atoms with Crippen LogP contribution in [0, 0.1) is 5.92 Å². The van der Waals surface area contributed by atoms with Crippen molar-refractivity contribution < 1.29 is 0 Å². The zero-order valence-corrected chi connectivity index (χ0v) is 9.94. The monoisotopic (exact) mass is 218 g/mol.